The van der Waals surface area contributed by atoms with Crippen LogP contribution in [0.2, 0.25) is 0 Å². The molecule has 0 N–H and O–H groups in total. The van der Waals surface area contributed by atoms with E-state index in [2.05, 4.69) is 16.8 Å². The lowest BCUT2D eigenvalue weighted by Gasteiger charge is -2.40. The molecule has 1 unspecified atom stereocenters. The summed E-state index contributed by atoms with van der Waals surface area (Å²) in [6.07, 6.45) is 0.826. The molecular formula is C18H20F3N3O2. The van der Waals surface area contributed by atoms with Crippen LogP contribution < -0.4 is 15.3 Å². The number of nitrogens with zero attached hydrogens (tertiary/aromatic N) is 3. The summed E-state index contributed by atoms with van der Waals surface area (Å²) in [5, 5.41) is 0. The molecule has 5 nitrogen and oxygen atoms in total. The van der Waals surface area contributed by atoms with Crippen LogP contribution in [0.15, 0.2) is 23.0 Å². The number of ether oxygens (including phenoxy) is 1. The van der Waals surface area contributed by atoms with Gasteiger partial charge in [0.15, 0.2) is 11.6 Å². The number of hydrogen-bond acceptors (Lipinski definition) is 4. The minimum atomic E-state index is -1.27. The average molecular weight is 367 g/mol. The molecule has 0 spiro atoms. The highest BCUT2D eigenvalue weighted by molar-refractivity contribution is 5.45. The summed E-state index contributed by atoms with van der Waals surface area (Å²) in [6.45, 7) is 6.31. The molecule has 0 amide bonds. The first-order valence-electron chi connectivity index (χ1n) is 8.44. The molecule has 1 atom stereocenters. The van der Waals surface area contributed by atoms with Crippen molar-refractivity contribution in [2.45, 2.75) is 52.4 Å². The minimum absolute atomic E-state index is 0.0186. The van der Waals surface area contributed by atoms with E-state index in [1.54, 1.807) is 10.6 Å². The molecule has 1 aliphatic rings. The molecule has 140 valence electrons. The Morgan fingerprint density at radius 1 is 1.19 bits per heavy atom. The number of rotatable bonds is 4. The molecule has 1 aromatic heterocycles. The Morgan fingerprint density at radius 3 is 2.58 bits per heavy atom. The minimum Gasteiger partial charge on any atom is -0.472 e. The summed E-state index contributed by atoms with van der Waals surface area (Å²) in [4.78, 5) is 18.3. The highest BCUT2D eigenvalue weighted by Crippen LogP contribution is 2.28. The Hall–Kier alpha value is -2.51. The van der Waals surface area contributed by atoms with Gasteiger partial charge in [-0.15, -0.1) is 0 Å². The Kier molecular flexibility index (Phi) is 4.93. The molecular weight excluding hydrogens is 347 g/mol. The van der Waals surface area contributed by atoms with E-state index in [0.29, 0.717) is 18.4 Å². The molecule has 26 heavy (non-hydrogen) atoms. The van der Waals surface area contributed by atoms with E-state index < -0.39 is 23.1 Å². The van der Waals surface area contributed by atoms with Gasteiger partial charge in [0, 0.05) is 36.3 Å². The number of hydrogen-bond donors (Lipinski definition) is 0. The van der Waals surface area contributed by atoms with Gasteiger partial charge in [0.05, 0.1) is 0 Å². The molecule has 1 aromatic carbocycles. The zero-order valence-electron chi connectivity index (χ0n) is 14.8. The fourth-order valence-electron chi connectivity index (χ4n) is 3.25. The zero-order chi connectivity index (χ0) is 19.0. The smallest absolute Gasteiger partial charge is 0.352 e. The van der Waals surface area contributed by atoms with Gasteiger partial charge < -0.3 is 9.64 Å². The first kappa shape index (κ1) is 18.3. The molecule has 0 radical (unpaired) electrons. The van der Waals surface area contributed by atoms with E-state index in [0.717, 1.165) is 12.5 Å². The Morgan fingerprint density at radius 2 is 1.88 bits per heavy atom. The molecule has 0 aliphatic carbocycles. The van der Waals surface area contributed by atoms with Crippen molar-refractivity contribution in [3.8, 4) is 5.88 Å². The number of benzene rings is 1. The maximum absolute atomic E-state index is 13.7. The second-order valence-electron chi connectivity index (χ2n) is 6.67. The fraction of sp³-hybridized carbons (Fsp3) is 0.444. The van der Waals surface area contributed by atoms with Crippen LogP contribution in [0.4, 0.5) is 19.0 Å². The van der Waals surface area contributed by atoms with Crippen LogP contribution in [0, 0.1) is 17.5 Å². The number of halogens is 3. The van der Waals surface area contributed by atoms with Crippen LogP contribution in [0.25, 0.3) is 0 Å². The van der Waals surface area contributed by atoms with Gasteiger partial charge >= 0.3 is 5.69 Å². The average Bonchev–Trinajstić information content (AvgIpc) is 2.56. The molecule has 2 aromatic rings. The van der Waals surface area contributed by atoms with Gasteiger partial charge in [0.25, 0.3) is 0 Å². The van der Waals surface area contributed by atoms with Crippen molar-refractivity contribution >= 4 is 5.82 Å². The van der Waals surface area contributed by atoms with Crippen LogP contribution in [0.5, 0.6) is 5.88 Å². The van der Waals surface area contributed by atoms with Gasteiger partial charge in [-0.05, 0) is 33.3 Å². The van der Waals surface area contributed by atoms with Crippen LogP contribution in [-0.4, -0.2) is 21.6 Å². The van der Waals surface area contributed by atoms with E-state index in [1.807, 2.05) is 13.8 Å². The van der Waals surface area contributed by atoms with Crippen molar-refractivity contribution in [2.24, 2.45) is 0 Å². The van der Waals surface area contributed by atoms with Crippen molar-refractivity contribution in [1.29, 1.82) is 0 Å². The summed E-state index contributed by atoms with van der Waals surface area (Å²) < 4.78 is 47.0. The molecule has 8 heteroatoms. The second kappa shape index (κ2) is 7.01. The van der Waals surface area contributed by atoms with E-state index in [4.69, 9.17) is 4.74 Å². The van der Waals surface area contributed by atoms with E-state index in [1.165, 1.54) is 0 Å². The van der Waals surface area contributed by atoms with E-state index in [9.17, 15) is 18.0 Å². The quantitative estimate of drug-likeness (QED) is 0.779. The first-order valence-corrected chi connectivity index (χ1v) is 8.44. The van der Waals surface area contributed by atoms with Crippen molar-refractivity contribution in [3.05, 3.63) is 51.7 Å². The van der Waals surface area contributed by atoms with Crippen molar-refractivity contribution < 1.29 is 17.9 Å². The lowest BCUT2D eigenvalue weighted by molar-refractivity contribution is 0.282. The third-order valence-electron chi connectivity index (χ3n) is 4.50. The molecule has 1 aliphatic heterocycles. The lowest BCUT2D eigenvalue weighted by atomic mass is 10.1. The number of anilines is 1. The van der Waals surface area contributed by atoms with Gasteiger partial charge in [-0.2, -0.15) is 4.98 Å². The maximum Gasteiger partial charge on any atom is 0.352 e. The van der Waals surface area contributed by atoms with Crippen LogP contribution in [0.3, 0.4) is 0 Å². The van der Waals surface area contributed by atoms with Crippen molar-refractivity contribution in [1.82, 2.24) is 9.55 Å². The third-order valence-corrected chi connectivity index (χ3v) is 4.50. The Balaban J connectivity index is 1.90. The summed E-state index contributed by atoms with van der Waals surface area (Å²) in [5.74, 6) is -2.65. The maximum atomic E-state index is 13.7. The molecule has 3 rings (SSSR count). The van der Waals surface area contributed by atoms with Gasteiger partial charge in [-0.1, -0.05) is 0 Å². The SMILES string of the molecule is CC(C)N1c2cc(OCc3cc(F)c(F)cc3F)nc(=O)n2CCC1C. The number of aromatic nitrogens is 2. The molecule has 0 bridgehead atoms. The standard InChI is InChI=1S/C18H20F3N3O2/c1-10(2)24-11(3)4-5-23-17(24)8-16(22-18(23)25)26-9-12-6-14(20)15(21)7-13(12)19/h6-8,10-11H,4-5,9H2,1-3H3. The Labute approximate surface area is 149 Å². The van der Waals surface area contributed by atoms with Gasteiger partial charge in [-0.3, -0.25) is 4.57 Å². The normalized spacial score (nSPS) is 16.7. The van der Waals surface area contributed by atoms with Crippen LogP contribution in [-0.2, 0) is 13.2 Å². The summed E-state index contributed by atoms with van der Waals surface area (Å²) >= 11 is 0. The summed E-state index contributed by atoms with van der Waals surface area (Å²) in [7, 11) is 0. The first-order chi connectivity index (χ1) is 12.3. The highest BCUT2D eigenvalue weighted by atomic mass is 19.2. The van der Waals surface area contributed by atoms with E-state index in [-0.39, 0.29) is 30.1 Å². The largest absolute Gasteiger partial charge is 0.472 e. The predicted molar refractivity (Wildman–Crippen MR) is 90.8 cm³/mol. The van der Waals surface area contributed by atoms with E-state index >= 15 is 0 Å². The lowest BCUT2D eigenvalue weighted by Crippen LogP contribution is -2.47. The van der Waals surface area contributed by atoms with Gasteiger partial charge in [-0.25, -0.2) is 18.0 Å². The summed E-state index contributed by atoms with van der Waals surface area (Å²) in [6, 6.07) is 3.22. The summed E-state index contributed by atoms with van der Waals surface area (Å²) in [5.41, 5.74) is -0.613. The predicted octanol–water partition coefficient (Wildman–Crippen LogP) is 3.25. The molecule has 2 heterocycles. The highest BCUT2D eigenvalue weighted by Gasteiger charge is 2.27. The monoisotopic (exact) mass is 367 g/mol. The topological polar surface area (TPSA) is 47.4 Å². The second-order valence-corrected chi connectivity index (χ2v) is 6.67. The van der Waals surface area contributed by atoms with Crippen molar-refractivity contribution in [3.63, 3.8) is 0 Å². The van der Waals surface area contributed by atoms with Crippen LogP contribution in [0.1, 0.15) is 32.8 Å². The zero-order valence-corrected chi connectivity index (χ0v) is 14.8. The van der Waals surface area contributed by atoms with Crippen molar-refractivity contribution in [2.75, 3.05) is 4.90 Å². The third kappa shape index (κ3) is 3.40. The molecule has 0 saturated carbocycles. The van der Waals surface area contributed by atoms with Crippen LogP contribution >= 0.6 is 0 Å². The number of fused-ring (bicyclic) bond motifs is 1. The molecule has 0 saturated heterocycles. The van der Waals surface area contributed by atoms with Gasteiger partial charge in [0.1, 0.15) is 18.2 Å². The van der Waals surface area contributed by atoms with Gasteiger partial charge in [0.2, 0.25) is 5.88 Å². The fourth-order valence-corrected chi connectivity index (χ4v) is 3.25. The molecule has 0 fully saturated rings. The Bertz CT molecular complexity index is 883.